The fourth-order valence-corrected chi connectivity index (χ4v) is 3.29. The predicted molar refractivity (Wildman–Crippen MR) is 84.5 cm³/mol. The molecule has 1 aromatic rings. The second-order valence-corrected chi connectivity index (χ2v) is 7.78. The summed E-state index contributed by atoms with van der Waals surface area (Å²) < 4.78 is 17.1. The zero-order valence-electron chi connectivity index (χ0n) is 13.6. The van der Waals surface area contributed by atoms with Gasteiger partial charge >= 0.3 is 13.1 Å². The maximum Gasteiger partial charge on any atom is 0.467 e. The minimum atomic E-state index is -0.438. The third kappa shape index (κ3) is 3.33. The lowest BCUT2D eigenvalue weighted by atomic mass is 9.69. The Morgan fingerprint density at radius 2 is 1.86 bits per heavy atom. The Morgan fingerprint density at radius 1 is 1.29 bits per heavy atom. The molecule has 0 saturated carbocycles. The standard InChI is InChI=1S/C15H23BO4S/c1-10-7-8-12(21-10)11(9-13(17)18-6)16-19-14(2,3)15(4,5)20-16/h7-8,11H,9H2,1-6H3. The SMILES string of the molecule is COC(=O)CC(B1OC(C)(C)C(C)(C)O1)c1ccc(C)s1. The number of aryl methyl sites for hydroxylation is 1. The average Bonchev–Trinajstić information content (AvgIpc) is 2.88. The Bertz CT molecular complexity index is 507. The lowest BCUT2D eigenvalue weighted by Crippen LogP contribution is -2.41. The highest BCUT2D eigenvalue weighted by molar-refractivity contribution is 7.12. The van der Waals surface area contributed by atoms with Gasteiger partial charge in [-0.15, -0.1) is 11.3 Å². The maximum atomic E-state index is 11.8. The van der Waals surface area contributed by atoms with Crippen LogP contribution in [0.3, 0.4) is 0 Å². The topological polar surface area (TPSA) is 44.8 Å². The Labute approximate surface area is 130 Å². The van der Waals surface area contributed by atoms with E-state index in [1.54, 1.807) is 11.3 Å². The molecule has 1 unspecified atom stereocenters. The van der Waals surface area contributed by atoms with Crippen LogP contribution in [-0.4, -0.2) is 31.4 Å². The number of hydrogen-bond acceptors (Lipinski definition) is 5. The van der Waals surface area contributed by atoms with Crippen molar-refractivity contribution in [2.45, 2.75) is 58.1 Å². The molecular weight excluding hydrogens is 287 g/mol. The third-order valence-electron chi connectivity index (χ3n) is 4.34. The van der Waals surface area contributed by atoms with Crippen LogP contribution >= 0.6 is 11.3 Å². The number of carbonyl (C=O) groups is 1. The summed E-state index contributed by atoms with van der Waals surface area (Å²) in [5.74, 6) is -0.391. The van der Waals surface area contributed by atoms with E-state index in [0.29, 0.717) is 0 Å². The minimum Gasteiger partial charge on any atom is -0.469 e. The van der Waals surface area contributed by atoms with Crippen molar-refractivity contribution in [1.29, 1.82) is 0 Å². The van der Waals surface area contributed by atoms with Crippen LogP contribution in [0.25, 0.3) is 0 Å². The summed E-state index contributed by atoms with van der Waals surface area (Å²) >= 11 is 1.67. The molecule has 0 spiro atoms. The molecule has 0 aromatic carbocycles. The van der Waals surface area contributed by atoms with Crippen molar-refractivity contribution in [3.05, 3.63) is 21.9 Å². The zero-order valence-corrected chi connectivity index (χ0v) is 14.4. The van der Waals surface area contributed by atoms with Gasteiger partial charge in [-0.2, -0.15) is 0 Å². The normalized spacial score (nSPS) is 21.3. The van der Waals surface area contributed by atoms with Gasteiger partial charge in [0.25, 0.3) is 0 Å². The molecule has 4 nitrogen and oxygen atoms in total. The fraction of sp³-hybridized carbons (Fsp3) is 0.667. The van der Waals surface area contributed by atoms with Crippen LogP contribution in [0, 0.1) is 6.92 Å². The minimum absolute atomic E-state index is 0.141. The summed E-state index contributed by atoms with van der Waals surface area (Å²) in [4.78, 5) is 14.1. The van der Waals surface area contributed by atoms with Crippen LogP contribution in [-0.2, 0) is 18.8 Å². The van der Waals surface area contributed by atoms with Gasteiger partial charge in [-0.3, -0.25) is 4.79 Å². The Morgan fingerprint density at radius 3 is 2.29 bits per heavy atom. The number of rotatable bonds is 4. The molecule has 6 heteroatoms. The Kier molecular flexibility index (Phi) is 4.52. The lowest BCUT2D eigenvalue weighted by Gasteiger charge is -2.32. The van der Waals surface area contributed by atoms with Crippen molar-refractivity contribution in [3.63, 3.8) is 0 Å². The highest BCUT2D eigenvalue weighted by atomic mass is 32.1. The highest BCUT2D eigenvalue weighted by Crippen LogP contribution is 2.42. The van der Waals surface area contributed by atoms with Gasteiger partial charge < -0.3 is 14.0 Å². The average molecular weight is 310 g/mol. The summed E-state index contributed by atoms with van der Waals surface area (Å²) in [6.07, 6.45) is 0.257. The van der Waals surface area contributed by atoms with E-state index in [2.05, 4.69) is 6.07 Å². The molecule has 1 aliphatic rings. The summed E-state index contributed by atoms with van der Waals surface area (Å²) in [6.45, 7) is 10.1. The number of ether oxygens (including phenoxy) is 1. The molecular formula is C15H23BO4S. The van der Waals surface area contributed by atoms with Crippen molar-refractivity contribution in [2.24, 2.45) is 0 Å². The van der Waals surface area contributed by atoms with Crippen molar-refractivity contribution in [3.8, 4) is 0 Å². The van der Waals surface area contributed by atoms with Gasteiger partial charge in [0.2, 0.25) is 0 Å². The lowest BCUT2D eigenvalue weighted by molar-refractivity contribution is -0.140. The summed E-state index contributed by atoms with van der Waals surface area (Å²) in [5.41, 5.74) is -0.809. The van der Waals surface area contributed by atoms with Crippen molar-refractivity contribution >= 4 is 24.4 Å². The number of thiophene rings is 1. The van der Waals surface area contributed by atoms with Crippen LogP contribution in [0.4, 0.5) is 0 Å². The fourth-order valence-electron chi connectivity index (χ4n) is 2.30. The van der Waals surface area contributed by atoms with Gasteiger partial charge in [0.15, 0.2) is 0 Å². The smallest absolute Gasteiger partial charge is 0.467 e. The molecule has 2 heterocycles. The van der Waals surface area contributed by atoms with Gasteiger partial charge in [0.1, 0.15) is 0 Å². The molecule has 1 saturated heterocycles. The third-order valence-corrected chi connectivity index (χ3v) is 5.47. The second-order valence-electron chi connectivity index (χ2n) is 6.46. The zero-order chi connectivity index (χ0) is 15.8. The van der Waals surface area contributed by atoms with E-state index in [-0.39, 0.29) is 18.2 Å². The molecule has 1 fully saturated rings. The quantitative estimate of drug-likeness (QED) is 0.632. The monoisotopic (exact) mass is 310 g/mol. The molecule has 1 atom stereocenters. The molecule has 0 N–H and O–H groups in total. The van der Waals surface area contributed by atoms with Gasteiger partial charge in [0.05, 0.1) is 24.7 Å². The van der Waals surface area contributed by atoms with Crippen molar-refractivity contribution in [2.75, 3.05) is 7.11 Å². The highest BCUT2D eigenvalue weighted by Gasteiger charge is 2.54. The van der Waals surface area contributed by atoms with Crippen LogP contribution in [0.5, 0.6) is 0 Å². The molecule has 0 bridgehead atoms. The van der Waals surface area contributed by atoms with Gasteiger partial charge in [-0.05, 0) is 46.8 Å². The van der Waals surface area contributed by atoms with Crippen LogP contribution < -0.4 is 0 Å². The first-order chi connectivity index (χ1) is 9.66. The second kappa shape index (κ2) is 5.74. The first-order valence-electron chi connectivity index (χ1n) is 7.15. The first kappa shape index (κ1) is 16.5. The molecule has 21 heavy (non-hydrogen) atoms. The predicted octanol–water partition coefficient (Wildman–Crippen LogP) is 3.33. The van der Waals surface area contributed by atoms with Crippen LogP contribution in [0.1, 0.15) is 49.7 Å². The summed E-state index contributed by atoms with van der Waals surface area (Å²) in [5, 5.41) is 0. The van der Waals surface area contributed by atoms with Gasteiger partial charge in [-0.25, -0.2) is 0 Å². The molecule has 1 aromatic heterocycles. The maximum absolute atomic E-state index is 11.8. The number of hydrogen-bond donors (Lipinski definition) is 0. The van der Waals surface area contributed by atoms with Crippen LogP contribution in [0.15, 0.2) is 12.1 Å². The van der Waals surface area contributed by atoms with Crippen LogP contribution in [0.2, 0.25) is 0 Å². The van der Waals surface area contributed by atoms with E-state index in [9.17, 15) is 4.79 Å². The summed E-state index contributed by atoms with van der Waals surface area (Å²) in [7, 11) is 0.968. The van der Waals surface area contributed by atoms with Gasteiger partial charge in [-0.1, -0.05) is 0 Å². The van der Waals surface area contributed by atoms with E-state index < -0.39 is 18.3 Å². The van der Waals surface area contributed by atoms with Crippen molar-refractivity contribution in [1.82, 2.24) is 0 Å². The number of esters is 1. The Hall–Kier alpha value is -0.845. The summed E-state index contributed by atoms with van der Waals surface area (Å²) in [6, 6.07) is 4.09. The molecule has 1 aliphatic heterocycles. The molecule has 0 amide bonds. The van der Waals surface area contributed by atoms with E-state index in [4.69, 9.17) is 14.0 Å². The van der Waals surface area contributed by atoms with E-state index in [1.807, 2.05) is 40.7 Å². The van der Waals surface area contributed by atoms with Crippen molar-refractivity contribution < 1.29 is 18.8 Å². The molecule has 116 valence electrons. The molecule has 0 radical (unpaired) electrons. The number of carbonyl (C=O) groups excluding carboxylic acids is 1. The van der Waals surface area contributed by atoms with Gasteiger partial charge in [0, 0.05) is 15.6 Å². The van der Waals surface area contributed by atoms with E-state index >= 15 is 0 Å². The molecule has 0 aliphatic carbocycles. The van der Waals surface area contributed by atoms with E-state index in [1.165, 1.54) is 12.0 Å². The Balaban J connectivity index is 2.27. The molecule has 2 rings (SSSR count). The van der Waals surface area contributed by atoms with E-state index in [0.717, 1.165) is 4.88 Å². The first-order valence-corrected chi connectivity index (χ1v) is 7.97. The largest absolute Gasteiger partial charge is 0.469 e. The number of methoxy groups -OCH3 is 1.